The van der Waals surface area contributed by atoms with Gasteiger partial charge in [-0.1, -0.05) is 6.92 Å². The van der Waals surface area contributed by atoms with E-state index in [0.717, 1.165) is 0 Å². The molecule has 0 saturated carbocycles. The molecule has 1 aromatic carbocycles. The standard InChI is InChI=1S/C8H7F2I/c1-2-5-6(9)3-4-7(11)8(5)10/h3-4H,2H2,1H3. The fourth-order valence-electron chi connectivity index (χ4n) is 0.893. The average Bonchev–Trinajstić information content (AvgIpc) is 1.99. The Morgan fingerprint density at radius 1 is 1.36 bits per heavy atom. The minimum atomic E-state index is -0.453. The molecule has 1 aromatic rings. The highest BCUT2D eigenvalue weighted by Crippen LogP contribution is 2.18. The van der Waals surface area contributed by atoms with E-state index in [2.05, 4.69) is 0 Å². The van der Waals surface area contributed by atoms with E-state index in [4.69, 9.17) is 0 Å². The Hall–Kier alpha value is -0.190. The van der Waals surface area contributed by atoms with Crippen LogP contribution in [0.4, 0.5) is 8.78 Å². The van der Waals surface area contributed by atoms with Gasteiger partial charge in [-0.2, -0.15) is 0 Å². The minimum Gasteiger partial charge on any atom is -0.207 e. The van der Waals surface area contributed by atoms with Crippen molar-refractivity contribution in [2.45, 2.75) is 13.3 Å². The topological polar surface area (TPSA) is 0 Å². The predicted molar refractivity (Wildman–Crippen MR) is 48.5 cm³/mol. The molecule has 0 heterocycles. The maximum Gasteiger partial charge on any atom is 0.142 e. The molecule has 0 aliphatic heterocycles. The van der Waals surface area contributed by atoms with E-state index in [1.807, 2.05) is 22.6 Å². The van der Waals surface area contributed by atoms with Gasteiger partial charge in [0.2, 0.25) is 0 Å². The third-order valence-electron chi connectivity index (χ3n) is 1.49. The molecule has 3 heteroatoms. The van der Waals surface area contributed by atoms with Crippen molar-refractivity contribution in [3.05, 3.63) is 32.9 Å². The predicted octanol–water partition coefficient (Wildman–Crippen LogP) is 3.13. The summed E-state index contributed by atoms with van der Waals surface area (Å²) in [5, 5.41) is 0. The molecule has 0 fully saturated rings. The highest BCUT2D eigenvalue weighted by Gasteiger charge is 2.08. The van der Waals surface area contributed by atoms with Crippen molar-refractivity contribution >= 4 is 22.6 Å². The SMILES string of the molecule is CCc1c(F)ccc(I)c1F. The summed E-state index contributed by atoms with van der Waals surface area (Å²) in [6.45, 7) is 1.73. The second-order valence-corrected chi connectivity index (χ2v) is 3.34. The van der Waals surface area contributed by atoms with Gasteiger partial charge in [-0.3, -0.25) is 0 Å². The van der Waals surface area contributed by atoms with Crippen LogP contribution >= 0.6 is 22.6 Å². The summed E-state index contributed by atoms with van der Waals surface area (Å²) < 4.78 is 26.3. The lowest BCUT2D eigenvalue weighted by atomic mass is 10.1. The smallest absolute Gasteiger partial charge is 0.142 e. The fraction of sp³-hybridized carbons (Fsp3) is 0.250. The average molecular weight is 268 g/mol. The van der Waals surface area contributed by atoms with Gasteiger partial charge in [-0.25, -0.2) is 8.78 Å². The Morgan fingerprint density at radius 3 is 2.45 bits per heavy atom. The molecule has 0 aromatic heterocycles. The monoisotopic (exact) mass is 268 g/mol. The van der Waals surface area contributed by atoms with E-state index in [9.17, 15) is 8.78 Å². The molecule has 0 atom stereocenters. The summed E-state index contributed by atoms with van der Waals surface area (Å²) >= 11 is 1.85. The van der Waals surface area contributed by atoms with Crippen LogP contribution in [0.2, 0.25) is 0 Å². The molecule has 0 bridgehead atoms. The van der Waals surface area contributed by atoms with Gasteiger partial charge < -0.3 is 0 Å². The molecule has 60 valence electrons. The van der Waals surface area contributed by atoms with Gasteiger partial charge in [0.15, 0.2) is 0 Å². The molecule has 0 amide bonds. The lowest BCUT2D eigenvalue weighted by molar-refractivity contribution is 0.554. The van der Waals surface area contributed by atoms with Crippen molar-refractivity contribution in [3.8, 4) is 0 Å². The van der Waals surface area contributed by atoms with Crippen LogP contribution in [0.25, 0.3) is 0 Å². The molecule has 0 radical (unpaired) electrons. The van der Waals surface area contributed by atoms with E-state index >= 15 is 0 Å². The van der Waals surface area contributed by atoms with Gasteiger partial charge in [0, 0.05) is 9.13 Å². The minimum absolute atomic E-state index is 0.178. The lowest BCUT2D eigenvalue weighted by Gasteiger charge is -2.02. The maximum absolute atomic E-state index is 13.0. The first kappa shape index (κ1) is 8.90. The second kappa shape index (κ2) is 3.47. The van der Waals surface area contributed by atoms with Crippen molar-refractivity contribution in [2.24, 2.45) is 0 Å². The Labute approximate surface area is 77.8 Å². The Balaban J connectivity index is 3.29. The fourth-order valence-corrected chi connectivity index (χ4v) is 1.40. The van der Waals surface area contributed by atoms with Crippen LogP contribution < -0.4 is 0 Å². The van der Waals surface area contributed by atoms with E-state index in [1.54, 1.807) is 6.92 Å². The van der Waals surface area contributed by atoms with Crippen molar-refractivity contribution in [2.75, 3.05) is 0 Å². The number of benzene rings is 1. The van der Waals surface area contributed by atoms with Crippen LogP contribution in [0, 0.1) is 15.2 Å². The first-order chi connectivity index (χ1) is 5.16. The van der Waals surface area contributed by atoms with Gasteiger partial charge in [0.05, 0.1) is 0 Å². The van der Waals surface area contributed by atoms with Crippen molar-refractivity contribution in [3.63, 3.8) is 0 Å². The van der Waals surface area contributed by atoms with Crippen LogP contribution in [0.15, 0.2) is 12.1 Å². The van der Waals surface area contributed by atoms with Crippen LogP contribution in [0.5, 0.6) is 0 Å². The van der Waals surface area contributed by atoms with Gasteiger partial charge in [-0.05, 0) is 41.1 Å². The highest BCUT2D eigenvalue weighted by atomic mass is 127. The van der Waals surface area contributed by atoms with Crippen LogP contribution in [-0.2, 0) is 6.42 Å². The molecule has 0 aliphatic carbocycles. The maximum atomic E-state index is 13.0. The van der Waals surface area contributed by atoms with Crippen LogP contribution in [0.3, 0.4) is 0 Å². The molecule has 0 spiro atoms. The van der Waals surface area contributed by atoms with Crippen molar-refractivity contribution in [1.29, 1.82) is 0 Å². The molecule has 0 unspecified atom stereocenters. The van der Waals surface area contributed by atoms with E-state index in [-0.39, 0.29) is 5.56 Å². The van der Waals surface area contributed by atoms with E-state index in [1.165, 1.54) is 12.1 Å². The van der Waals surface area contributed by atoms with Crippen LogP contribution in [-0.4, -0.2) is 0 Å². The summed E-state index contributed by atoms with van der Waals surface area (Å²) in [5.41, 5.74) is 0.178. The molecule has 1 rings (SSSR count). The lowest BCUT2D eigenvalue weighted by Crippen LogP contribution is -1.95. The third-order valence-corrected chi connectivity index (χ3v) is 2.33. The van der Waals surface area contributed by atoms with E-state index < -0.39 is 11.6 Å². The summed E-state index contributed by atoms with van der Waals surface area (Å²) in [7, 11) is 0. The molecular weight excluding hydrogens is 261 g/mol. The molecule has 11 heavy (non-hydrogen) atoms. The first-order valence-electron chi connectivity index (χ1n) is 3.29. The summed E-state index contributed by atoms with van der Waals surface area (Å²) in [4.78, 5) is 0. The Bertz CT molecular complexity index is 271. The normalized spacial score (nSPS) is 10.2. The van der Waals surface area contributed by atoms with Gasteiger partial charge in [0.25, 0.3) is 0 Å². The number of hydrogen-bond acceptors (Lipinski definition) is 0. The number of rotatable bonds is 1. The number of hydrogen-bond donors (Lipinski definition) is 0. The van der Waals surface area contributed by atoms with Crippen LogP contribution in [0.1, 0.15) is 12.5 Å². The summed E-state index contributed by atoms with van der Waals surface area (Å²) in [6.07, 6.45) is 0.397. The van der Waals surface area contributed by atoms with Gasteiger partial charge >= 0.3 is 0 Å². The Kier molecular flexibility index (Phi) is 2.81. The van der Waals surface area contributed by atoms with Crippen molar-refractivity contribution in [1.82, 2.24) is 0 Å². The largest absolute Gasteiger partial charge is 0.207 e. The quantitative estimate of drug-likeness (QED) is 0.542. The summed E-state index contributed by atoms with van der Waals surface area (Å²) in [5.74, 6) is -0.876. The third kappa shape index (κ3) is 1.69. The number of halogens is 3. The summed E-state index contributed by atoms with van der Waals surface area (Å²) in [6, 6.07) is 2.73. The Morgan fingerprint density at radius 2 is 2.00 bits per heavy atom. The second-order valence-electron chi connectivity index (χ2n) is 2.18. The molecule has 0 nitrogen and oxygen atoms in total. The molecule has 0 N–H and O–H groups in total. The zero-order valence-electron chi connectivity index (χ0n) is 6.00. The highest BCUT2D eigenvalue weighted by molar-refractivity contribution is 14.1. The zero-order valence-corrected chi connectivity index (χ0v) is 8.15. The zero-order chi connectivity index (χ0) is 8.43. The van der Waals surface area contributed by atoms with Gasteiger partial charge in [0.1, 0.15) is 11.6 Å². The first-order valence-corrected chi connectivity index (χ1v) is 4.37. The van der Waals surface area contributed by atoms with Crippen molar-refractivity contribution < 1.29 is 8.78 Å². The van der Waals surface area contributed by atoms with Gasteiger partial charge in [-0.15, -0.1) is 0 Å². The molecule has 0 saturated heterocycles. The molecule has 0 aliphatic rings. The molecular formula is C8H7F2I. The van der Waals surface area contributed by atoms with E-state index in [0.29, 0.717) is 9.99 Å².